The Morgan fingerprint density at radius 1 is 1.22 bits per heavy atom. The molecule has 5 rings (SSSR count). The van der Waals surface area contributed by atoms with Gasteiger partial charge in [0.1, 0.15) is 34.1 Å². The van der Waals surface area contributed by atoms with Crippen molar-refractivity contribution in [2.45, 2.75) is 39.3 Å². The highest BCUT2D eigenvalue weighted by molar-refractivity contribution is 7.14. The van der Waals surface area contributed by atoms with Crippen LogP contribution in [0, 0.1) is 18.6 Å². The van der Waals surface area contributed by atoms with Gasteiger partial charge in [0.15, 0.2) is 0 Å². The first kappa shape index (κ1) is 25.3. The normalized spacial score (nSPS) is 15.7. The predicted molar refractivity (Wildman–Crippen MR) is 140 cm³/mol. The van der Waals surface area contributed by atoms with Crippen LogP contribution in [-0.4, -0.2) is 46.8 Å². The van der Waals surface area contributed by atoms with Crippen LogP contribution >= 0.6 is 11.3 Å². The smallest absolute Gasteiger partial charge is 0.262 e. The number of nitrogens with one attached hydrogen (secondary N) is 1. The molecule has 1 aliphatic heterocycles. The molecule has 0 radical (unpaired) electrons. The van der Waals surface area contributed by atoms with Gasteiger partial charge >= 0.3 is 0 Å². The Bertz CT molecular complexity index is 1440. The van der Waals surface area contributed by atoms with Crippen molar-refractivity contribution < 1.29 is 18.3 Å². The average molecular weight is 524 g/mol. The number of pyridine rings is 1. The van der Waals surface area contributed by atoms with Crippen LogP contribution in [0.2, 0.25) is 0 Å². The summed E-state index contributed by atoms with van der Waals surface area (Å²) in [7, 11) is 0. The van der Waals surface area contributed by atoms with Crippen molar-refractivity contribution in [3.8, 4) is 10.6 Å². The zero-order valence-corrected chi connectivity index (χ0v) is 21.4. The molecule has 4 aromatic rings. The molecule has 0 spiro atoms. The van der Waals surface area contributed by atoms with Gasteiger partial charge in [-0.2, -0.15) is 0 Å². The lowest BCUT2D eigenvalue weighted by atomic mass is 10.0. The van der Waals surface area contributed by atoms with Crippen LogP contribution < -0.4 is 10.2 Å². The lowest BCUT2D eigenvalue weighted by Gasteiger charge is -2.35. The van der Waals surface area contributed by atoms with Crippen LogP contribution in [0.1, 0.15) is 40.7 Å². The third-order valence-corrected chi connectivity index (χ3v) is 7.38. The molecule has 37 heavy (non-hydrogen) atoms. The third kappa shape index (κ3) is 5.22. The van der Waals surface area contributed by atoms with E-state index in [1.807, 2.05) is 6.92 Å². The number of ether oxygens (including phenoxy) is 1. The summed E-state index contributed by atoms with van der Waals surface area (Å²) >= 11 is 1.32. The molecule has 2 aromatic heterocycles. The number of carbonyl (C=O) groups is 1. The number of aryl methyl sites for hydroxylation is 1. The quantitative estimate of drug-likeness (QED) is 0.355. The molecule has 1 saturated heterocycles. The molecule has 0 bridgehead atoms. The molecule has 1 atom stereocenters. The van der Waals surface area contributed by atoms with Gasteiger partial charge in [0.05, 0.1) is 11.6 Å². The van der Waals surface area contributed by atoms with E-state index in [1.54, 1.807) is 30.2 Å². The zero-order chi connectivity index (χ0) is 25.9. The van der Waals surface area contributed by atoms with Crippen LogP contribution in [-0.2, 0) is 11.3 Å². The fourth-order valence-electron chi connectivity index (χ4n) is 4.70. The van der Waals surface area contributed by atoms with Gasteiger partial charge in [0.2, 0.25) is 0 Å². The Balaban J connectivity index is 1.54. The van der Waals surface area contributed by atoms with E-state index in [2.05, 4.69) is 20.5 Å². The Morgan fingerprint density at radius 3 is 2.84 bits per heavy atom. The Kier molecular flexibility index (Phi) is 7.50. The van der Waals surface area contributed by atoms with Crippen molar-refractivity contribution in [3.63, 3.8) is 0 Å². The minimum Gasteiger partial charge on any atom is -0.374 e. The van der Waals surface area contributed by atoms with Gasteiger partial charge in [-0.1, -0.05) is 17.4 Å². The molecule has 7 nitrogen and oxygen atoms in total. The Morgan fingerprint density at radius 2 is 2.08 bits per heavy atom. The average Bonchev–Trinajstić information content (AvgIpc) is 3.37. The Labute approximate surface area is 217 Å². The number of amides is 1. The summed E-state index contributed by atoms with van der Waals surface area (Å²) in [6, 6.07) is 8.81. The standard InChI is InChI=1S/C27H27F2N5O2S/c1-3-36-15-23-32-33-26(37-23)18-6-7-21(22(29)13-18)27(35)34(20-5-4-9-30-14-20)25-24-16(2)11-19(28)12-17(24)8-10-31-25/h6-8,10-13,20,30H,3-5,9,14-15H2,1-2H3/t20-/m1/s1. The molecule has 1 aliphatic rings. The van der Waals surface area contributed by atoms with Crippen LogP contribution in [0.3, 0.4) is 0 Å². The number of aromatic nitrogens is 3. The third-order valence-electron chi connectivity index (χ3n) is 6.43. The summed E-state index contributed by atoms with van der Waals surface area (Å²) in [4.78, 5) is 20.1. The molecule has 0 aliphatic carbocycles. The highest BCUT2D eigenvalue weighted by Gasteiger charge is 2.32. The molecule has 10 heteroatoms. The second-order valence-corrected chi connectivity index (χ2v) is 10.0. The molecule has 1 amide bonds. The molecular formula is C27H27F2N5O2S. The number of fused-ring (bicyclic) bond motifs is 1. The van der Waals surface area contributed by atoms with E-state index in [0.717, 1.165) is 19.4 Å². The van der Waals surface area contributed by atoms with Crippen molar-refractivity contribution in [2.24, 2.45) is 0 Å². The first-order chi connectivity index (χ1) is 18.0. The minimum atomic E-state index is -0.652. The highest BCUT2D eigenvalue weighted by atomic mass is 32.1. The topological polar surface area (TPSA) is 80.2 Å². The molecule has 2 aromatic carbocycles. The van der Waals surface area contributed by atoms with Crippen molar-refractivity contribution in [1.82, 2.24) is 20.5 Å². The molecule has 192 valence electrons. The maximum Gasteiger partial charge on any atom is 0.262 e. The van der Waals surface area contributed by atoms with Gasteiger partial charge in [0, 0.05) is 30.3 Å². The molecule has 3 heterocycles. The summed E-state index contributed by atoms with van der Waals surface area (Å²) in [5, 5.41) is 14.1. The van der Waals surface area contributed by atoms with Gasteiger partial charge in [-0.25, -0.2) is 13.8 Å². The van der Waals surface area contributed by atoms with E-state index in [4.69, 9.17) is 4.74 Å². The van der Waals surface area contributed by atoms with E-state index in [1.165, 1.54) is 35.6 Å². The van der Waals surface area contributed by atoms with E-state index >= 15 is 4.39 Å². The number of carbonyl (C=O) groups excluding carboxylic acids is 1. The number of piperidine rings is 1. The molecule has 1 fully saturated rings. The van der Waals surface area contributed by atoms with Crippen molar-refractivity contribution >= 4 is 33.8 Å². The molecule has 0 saturated carbocycles. The summed E-state index contributed by atoms with van der Waals surface area (Å²) in [5.41, 5.74) is 1.14. The monoisotopic (exact) mass is 523 g/mol. The summed E-state index contributed by atoms with van der Waals surface area (Å²) in [5.74, 6) is -1.10. The lowest BCUT2D eigenvalue weighted by Crippen LogP contribution is -2.49. The van der Waals surface area contributed by atoms with Crippen molar-refractivity contribution in [3.05, 3.63) is 70.4 Å². The van der Waals surface area contributed by atoms with E-state index in [9.17, 15) is 9.18 Å². The van der Waals surface area contributed by atoms with Gasteiger partial charge in [-0.05, 0) is 74.5 Å². The maximum absolute atomic E-state index is 15.5. The summed E-state index contributed by atoms with van der Waals surface area (Å²) < 4.78 is 35.0. The van der Waals surface area contributed by atoms with Gasteiger partial charge in [0.25, 0.3) is 5.91 Å². The van der Waals surface area contributed by atoms with E-state index < -0.39 is 11.7 Å². The first-order valence-corrected chi connectivity index (χ1v) is 13.1. The number of halogens is 2. The van der Waals surface area contributed by atoms with Gasteiger partial charge in [-0.15, -0.1) is 10.2 Å². The van der Waals surface area contributed by atoms with E-state index in [0.29, 0.717) is 57.5 Å². The van der Waals surface area contributed by atoms with Crippen LogP contribution in [0.15, 0.2) is 42.6 Å². The Hall–Kier alpha value is -3.34. The predicted octanol–water partition coefficient (Wildman–Crippen LogP) is 5.28. The van der Waals surface area contributed by atoms with Gasteiger partial charge < -0.3 is 10.1 Å². The number of nitrogens with zero attached hydrogens (tertiary/aromatic N) is 4. The summed E-state index contributed by atoms with van der Waals surface area (Å²) in [6.07, 6.45) is 3.17. The number of hydrogen-bond acceptors (Lipinski definition) is 7. The first-order valence-electron chi connectivity index (χ1n) is 12.3. The van der Waals surface area contributed by atoms with Crippen LogP contribution in [0.4, 0.5) is 14.6 Å². The number of rotatable bonds is 7. The summed E-state index contributed by atoms with van der Waals surface area (Å²) in [6.45, 7) is 5.99. The second-order valence-electron chi connectivity index (χ2n) is 8.96. The van der Waals surface area contributed by atoms with Crippen LogP contribution in [0.25, 0.3) is 21.3 Å². The minimum absolute atomic E-state index is 0.0630. The number of anilines is 1. The van der Waals surface area contributed by atoms with Crippen molar-refractivity contribution in [1.29, 1.82) is 0 Å². The number of hydrogen-bond donors (Lipinski definition) is 1. The fraction of sp³-hybridized carbons (Fsp3) is 0.333. The maximum atomic E-state index is 15.5. The fourth-order valence-corrected chi connectivity index (χ4v) is 5.47. The van der Waals surface area contributed by atoms with Crippen LogP contribution in [0.5, 0.6) is 0 Å². The number of benzene rings is 2. The lowest BCUT2D eigenvalue weighted by molar-refractivity contribution is 0.0968. The largest absolute Gasteiger partial charge is 0.374 e. The SMILES string of the molecule is CCOCc1nnc(-c2ccc(C(=O)N(c3nccc4cc(F)cc(C)c34)[C@@H]3CCCNC3)c(F)c2)s1. The molecule has 0 unspecified atom stereocenters. The molecule has 1 N–H and O–H groups in total. The van der Waals surface area contributed by atoms with Gasteiger partial charge in [-0.3, -0.25) is 9.69 Å². The highest BCUT2D eigenvalue weighted by Crippen LogP contribution is 2.33. The van der Waals surface area contributed by atoms with Crippen molar-refractivity contribution in [2.75, 3.05) is 24.6 Å². The van der Waals surface area contributed by atoms with E-state index in [-0.39, 0.29) is 17.4 Å². The second kappa shape index (κ2) is 11.0. The zero-order valence-electron chi connectivity index (χ0n) is 20.6. The molecular weight excluding hydrogens is 496 g/mol.